The SMILES string of the molecule is CCC(C)C(=O)Oc1ccc(Br)cc1. The van der Waals surface area contributed by atoms with Gasteiger partial charge in [-0.2, -0.15) is 0 Å². The average molecular weight is 257 g/mol. The van der Waals surface area contributed by atoms with Crippen LogP contribution in [0.1, 0.15) is 20.3 Å². The van der Waals surface area contributed by atoms with Gasteiger partial charge in [0.05, 0.1) is 5.92 Å². The van der Waals surface area contributed by atoms with Crippen LogP contribution in [0.15, 0.2) is 28.7 Å². The zero-order valence-electron chi connectivity index (χ0n) is 8.29. The van der Waals surface area contributed by atoms with Gasteiger partial charge >= 0.3 is 5.97 Å². The van der Waals surface area contributed by atoms with E-state index in [1.54, 1.807) is 12.1 Å². The molecule has 0 radical (unpaired) electrons. The van der Waals surface area contributed by atoms with Crippen LogP contribution < -0.4 is 4.74 Å². The molecular weight excluding hydrogens is 244 g/mol. The third-order valence-electron chi connectivity index (χ3n) is 2.05. The molecule has 0 fully saturated rings. The molecule has 1 aromatic rings. The summed E-state index contributed by atoms with van der Waals surface area (Å²) in [7, 11) is 0. The number of carbonyl (C=O) groups is 1. The normalized spacial score (nSPS) is 12.2. The van der Waals surface area contributed by atoms with Crippen molar-refractivity contribution in [3.05, 3.63) is 28.7 Å². The van der Waals surface area contributed by atoms with Gasteiger partial charge in [0.25, 0.3) is 0 Å². The van der Waals surface area contributed by atoms with Crippen LogP contribution in [0.2, 0.25) is 0 Å². The molecule has 1 atom stereocenters. The number of halogens is 1. The Kier molecular flexibility index (Phi) is 4.14. The molecule has 3 heteroatoms. The summed E-state index contributed by atoms with van der Waals surface area (Å²) in [4.78, 5) is 11.4. The van der Waals surface area contributed by atoms with Crippen molar-refractivity contribution in [3.8, 4) is 5.75 Å². The molecule has 0 N–H and O–H groups in total. The Bertz CT molecular complexity index is 306. The monoisotopic (exact) mass is 256 g/mol. The minimum absolute atomic E-state index is 0.0429. The number of rotatable bonds is 3. The maximum absolute atomic E-state index is 11.4. The van der Waals surface area contributed by atoms with Crippen molar-refractivity contribution in [3.63, 3.8) is 0 Å². The second-order valence-electron chi connectivity index (χ2n) is 3.18. The Balaban J connectivity index is 2.60. The maximum atomic E-state index is 11.4. The Morgan fingerprint density at radius 1 is 1.43 bits per heavy atom. The minimum atomic E-state index is -0.171. The molecule has 14 heavy (non-hydrogen) atoms. The highest BCUT2D eigenvalue weighted by atomic mass is 79.9. The van der Waals surface area contributed by atoms with Crippen molar-refractivity contribution in [1.82, 2.24) is 0 Å². The molecule has 0 aliphatic carbocycles. The van der Waals surface area contributed by atoms with E-state index in [0.717, 1.165) is 10.9 Å². The van der Waals surface area contributed by atoms with Crippen molar-refractivity contribution < 1.29 is 9.53 Å². The molecule has 0 saturated carbocycles. The molecule has 1 unspecified atom stereocenters. The van der Waals surface area contributed by atoms with E-state index < -0.39 is 0 Å². The molecule has 0 amide bonds. The number of hydrogen-bond acceptors (Lipinski definition) is 2. The Labute approximate surface area is 92.4 Å². The largest absolute Gasteiger partial charge is 0.426 e. The quantitative estimate of drug-likeness (QED) is 0.612. The van der Waals surface area contributed by atoms with E-state index in [1.165, 1.54) is 0 Å². The molecule has 0 spiro atoms. The van der Waals surface area contributed by atoms with Gasteiger partial charge in [0, 0.05) is 4.47 Å². The van der Waals surface area contributed by atoms with Crippen LogP contribution in [0.25, 0.3) is 0 Å². The lowest BCUT2D eigenvalue weighted by atomic mass is 10.1. The summed E-state index contributed by atoms with van der Waals surface area (Å²) < 4.78 is 6.14. The van der Waals surface area contributed by atoms with Crippen molar-refractivity contribution in [2.45, 2.75) is 20.3 Å². The predicted octanol–water partition coefficient (Wildman–Crippen LogP) is 3.40. The highest BCUT2D eigenvalue weighted by Gasteiger charge is 2.12. The lowest BCUT2D eigenvalue weighted by Crippen LogP contribution is -2.16. The van der Waals surface area contributed by atoms with Crippen molar-refractivity contribution >= 4 is 21.9 Å². The zero-order chi connectivity index (χ0) is 10.6. The topological polar surface area (TPSA) is 26.3 Å². The maximum Gasteiger partial charge on any atom is 0.314 e. The van der Waals surface area contributed by atoms with Crippen LogP contribution in [0, 0.1) is 5.92 Å². The number of ether oxygens (including phenoxy) is 1. The molecular formula is C11H13BrO2. The molecule has 0 saturated heterocycles. The van der Waals surface area contributed by atoms with Gasteiger partial charge in [-0.3, -0.25) is 4.79 Å². The van der Waals surface area contributed by atoms with Crippen LogP contribution in [0.4, 0.5) is 0 Å². The average Bonchev–Trinajstić information content (AvgIpc) is 2.20. The molecule has 1 rings (SSSR count). The van der Waals surface area contributed by atoms with Crippen LogP contribution in [-0.2, 0) is 4.79 Å². The summed E-state index contributed by atoms with van der Waals surface area (Å²) >= 11 is 3.31. The highest BCUT2D eigenvalue weighted by Crippen LogP contribution is 2.17. The van der Waals surface area contributed by atoms with Gasteiger partial charge in [0.2, 0.25) is 0 Å². The summed E-state index contributed by atoms with van der Waals surface area (Å²) in [6, 6.07) is 7.23. The standard InChI is InChI=1S/C11H13BrO2/c1-3-8(2)11(13)14-10-6-4-9(12)5-7-10/h4-8H,3H2,1-2H3. The number of benzene rings is 1. The fraction of sp³-hybridized carbons (Fsp3) is 0.364. The molecule has 0 heterocycles. The second-order valence-corrected chi connectivity index (χ2v) is 4.10. The molecule has 1 aromatic carbocycles. The molecule has 0 aliphatic heterocycles. The van der Waals surface area contributed by atoms with E-state index in [2.05, 4.69) is 15.9 Å². The number of esters is 1. The summed E-state index contributed by atoms with van der Waals surface area (Å²) in [6.07, 6.45) is 0.801. The van der Waals surface area contributed by atoms with E-state index >= 15 is 0 Å². The van der Waals surface area contributed by atoms with E-state index in [0.29, 0.717) is 5.75 Å². The highest BCUT2D eigenvalue weighted by molar-refractivity contribution is 9.10. The molecule has 0 aliphatic rings. The predicted molar refractivity (Wildman–Crippen MR) is 59.2 cm³/mol. The van der Waals surface area contributed by atoms with E-state index in [-0.39, 0.29) is 11.9 Å². The molecule has 2 nitrogen and oxygen atoms in total. The van der Waals surface area contributed by atoms with Gasteiger partial charge in [-0.1, -0.05) is 29.8 Å². The van der Waals surface area contributed by atoms with E-state index in [9.17, 15) is 4.79 Å². The summed E-state index contributed by atoms with van der Waals surface area (Å²) in [5.74, 6) is 0.381. The second kappa shape index (κ2) is 5.15. The van der Waals surface area contributed by atoms with Crippen molar-refractivity contribution in [2.75, 3.05) is 0 Å². The van der Waals surface area contributed by atoms with Gasteiger partial charge in [-0.05, 0) is 30.7 Å². The van der Waals surface area contributed by atoms with Gasteiger partial charge < -0.3 is 4.74 Å². The van der Waals surface area contributed by atoms with Crippen LogP contribution >= 0.6 is 15.9 Å². The van der Waals surface area contributed by atoms with E-state index in [4.69, 9.17) is 4.74 Å². The van der Waals surface area contributed by atoms with Gasteiger partial charge in [0.1, 0.15) is 5.75 Å². The number of hydrogen-bond donors (Lipinski definition) is 0. The summed E-state index contributed by atoms with van der Waals surface area (Å²) in [5.41, 5.74) is 0. The number of carbonyl (C=O) groups excluding carboxylic acids is 1. The third-order valence-corrected chi connectivity index (χ3v) is 2.58. The van der Waals surface area contributed by atoms with Crippen molar-refractivity contribution in [1.29, 1.82) is 0 Å². The Hall–Kier alpha value is -0.830. The summed E-state index contributed by atoms with van der Waals surface area (Å²) in [6.45, 7) is 3.83. The first kappa shape index (κ1) is 11.2. The Morgan fingerprint density at radius 2 is 2.00 bits per heavy atom. The first-order chi connectivity index (χ1) is 6.63. The van der Waals surface area contributed by atoms with Crippen LogP contribution in [0.3, 0.4) is 0 Å². The van der Waals surface area contributed by atoms with Gasteiger partial charge in [-0.15, -0.1) is 0 Å². The zero-order valence-corrected chi connectivity index (χ0v) is 9.87. The fourth-order valence-corrected chi connectivity index (χ4v) is 1.15. The van der Waals surface area contributed by atoms with Gasteiger partial charge in [0.15, 0.2) is 0 Å². The molecule has 0 bridgehead atoms. The Morgan fingerprint density at radius 3 is 2.50 bits per heavy atom. The van der Waals surface area contributed by atoms with Crippen LogP contribution in [0.5, 0.6) is 5.75 Å². The fourth-order valence-electron chi connectivity index (χ4n) is 0.886. The molecule has 76 valence electrons. The third kappa shape index (κ3) is 3.14. The van der Waals surface area contributed by atoms with Crippen LogP contribution in [-0.4, -0.2) is 5.97 Å². The van der Waals surface area contributed by atoms with E-state index in [1.807, 2.05) is 26.0 Å². The lowest BCUT2D eigenvalue weighted by molar-refractivity contribution is -0.138. The van der Waals surface area contributed by atoms with Gasteiger partial charge in [-0.25, -0.2) is 0 Å². The lowest BCUT2D eigenvalue weighted by Gasteiger charge is -2.08. The minimum Gasteiger partial charge on any atom is -0.426 e. The molecule has 0 aromatic heterocycles. The first-order valence-corrected chi connectivity index (χ1v) is 5.40. The smallest absolute Gasteiger partial charge is 0.314 e. The first-order valence-electron chi connectivity index (χ1n) is 4.60. The summed E-state index contributed by atoms with van der Waals surface area (Å²) in [5, 5.41) is 0. The van der Waals surface area contributed by atoms with Crippen molar-refractivity contribution in [2.24, 2.45) is 5.92 Å².